The number of hydrogen-bond acceptors (Lipinski definition) is 3. The molecule has 2 N–H and O–H groups in total. The Morgan fingerprint density at radius 3 is 2.24 bits per heavy atom. The molecule has 0 aromatic heterocycles. The number of carbonyl (C=O) groups is 1. The number of hydrogen-bond donors (Lipinski definition) is 2. The Bertz CT molecular complexity index is 980. The van der Waals surface area contributed by atoms with Crippen LogP contribution in [0.5, 0.6) is 5.75 Å². The van der Waals surface area contributed by atoms with Gasteiger partial charge in [-0.15, -0.1) is 0 Å². The molecule has 0 saturated heterocycles. The van der Waals surface area contributed by atoms with Gasteiger partial charge >= 0.3 is 6.18 Å². The molecule has 1 unspecified atom stereocenters. The zero-order chi connectivity index (χ0) is 28.0. The summed E-state index contributed by atoms with van der Waals surface area (Å²) < 4.78 is 45.2. The van der Waals surface area contributed by atoms with Crippen LogP contribution in [0.2, 0.25) is 0 Å². The van der Waals surface area contributed by atoms with Crippen molar-refractivity contribution in [2.45, 2.75) is 84.2 Å². The summed E-state index contributed by atoms with van der Waals surface area (Å²) >= 11 is 3.42. The number of nitrogens with one attached hydrogen (secondary N) is 1. The van der Waals surface area contributed by atoms with E-state index < -0.39 is 11.7 Å². The predicted octanol–water partition coefficient (Wildman–Crippen LogP) is 8.79. The molecule has 0 saturated carbocycles. The van der Waals surface area contributed by atoms with Crippen molar-refractivity contribution in [1.82, 2.24) is 5.32 Å². The lowest BCUT2D eigenvalue weighted by Crippen LogP contribution is -2.24. The van der Waals surface area contributed by atoms with E-state index in [-0.39, 0.29) is 19.1 Å². The maximum absolute atomic E-state index is 13.0. The molecule has 0 spiro atoms. The molecular weight excluding hydrogens is 559 g/mol. The quantitative estimate of drug-likeness (QED) is 0.179. The number of benzene rings is 2. The SMILES string of the molecule is CCCCCCC(CC)CCCCCNC(=O)c1cc(Br)c(OCCO)c(-c2ccc(C(F)(F)F)cc2)c1. The van der Waals surface area contributed by atoms with Crippen molar-refractivity contribution in [3.63, 3.8) is 0 Å². The van der Waals surface area contributed by atoms with Gasteiger partial charge in [0.2, 0.25) is 0 Å². The lowest BCUT2D eigenvalue weighted by molar-refractivity contribution is -0.137. The molecule has 2 aromatic rings. The Morgan fingerprint density at radius 1 is 1.00 bits per heavy atom. The molecule has 0 heterocycles. The smallest absolute Gasteiger partial charge is 0.416 e. The standard InChI is InChI=1S/C30H41BrF3NO3/c1-3-5-6-8-11-22(4-2)12-9-7-10-17-35-29(37)24-20-26(28(27(31)21-24)38-19-18-36)23-13-15-25(16-14-23)30(32,33)34/h13-16,20-22,36H,3-12,17-19H2,1-2H3,(H,35,37). The van der Waals surface area contributed by atoms with Crippen LogP contribution in [0.25, 0.3) is 11.1 Å². The van der Waals surface area contributed by atoms with Crippen molar-refractivity contribution in [2.24, 2.45) is 5.92 Å². The fourth-order valence-corrected chi connectivity index (χ4v) is 5.10. The highest BCUT2D eigenvalue weighted by Crippen LogP contribution is 2.39. The molecule has 0 radical (unpaired) electrons. The molecule has 38 heavy (non-hydrogen) atoms. The molecule has 1 amide bonds. The van der Waals surface area contributed by atoms with Crippen LogP contribution in [0.3, 0.4) is 0 Å². The minimum absolute atomic E-state index is 0.00933. The number of aliphatic hydroxyl groups excluding tert-OH is 1. The Hall–Kier alpha value is -2.06. The highest BCUT2D eigenvalue weighted by atomic mass is 79.9. The normalized spacial score (nSPS) is 12.4. The molecule has 0 bridgehead atoms. The van der Waals surface area contributed by atoms with Crippen molar-refractivity contribution in [3.05, 3.63) is 52.0 Å². The van der Waals surface area contributed by atoms with Gasteiger partial charge in [-0.25, -0.2) is 0 Å². The van der Waals surface area contributed by atoms with Crippen molar-refractivity contribution >= 4 is 21.8 Å². The molecule has 0 aliphatic rings. The van der Waals surface area contributed by atoms with Gasteiger partial charge in [0.15, 0.2) is 0 Å². The summed E-state index contributed by atoms with van der Waals surface area (Å²) in [5, 5.41) is 12.1. The van der Waals surface area contributed by atoms with Crippen LogP contribution in [0.15, 0.2) is 40.9 Å². The van der Waals surface area contributed by atoms with Gasteiger partial charge in [-0.05, 0) is 58.1 Å². The van der Waals surface area contributed by atoms with E-state index in [1.807, 2.05) is 0 Å². The average molecular weight is 601 g/mol. The summed E-state index contributed by atoms with van der Waals surface area (Å²) in [6.45, 7) is 4.84. The molecule has 8 heteroatoms. The van der Waals surface area contributed by atoms with Crippen LogP contribution in [0.4, 0.5) is 13.2 Å². The summed E-state index contributed by atoms with van der Waals surface area (Å²) in [5.74, 6) is 0.888. The highest BCUT2D eigenvalue weighted by molar-refractivity contribution is 9.10. The largest absolute Gasteiger partial charge is 0.489 e. The fourth-order valence-electron chi connectivity index (χ4n) is 4.52. The zero-order valence-electron chi connectivity index (χ0n) is 22.5. The first-order valence-corrected chi connectivity index (χ1v) is 14.5. The monoisotopic (exact) mass is 599 g/mol. The van der Waals surface area contributed by atoms with Crippen LogP contribution in [-0.4, -0.2) is 30.8 Å². The number of alkyl halides is 3. The van der Waals surface area contributed by atoms with Crippen LogP contribution < -0.4 is 10.1 Å². The molecule has 212 valence electrons. The fraction of sp³-hybridized carbons (Fsp3) is 0.567. The Morgan fingerprint density at radius 2 is 1.66 bits per heavy atom. The van der Waals surface area contributed by atoms with Crippen molar-refractivity contribution < 1.29 is 27.8 Å². The van der Waals surface area contributed by atoms with Crippen LogP contribution in [0, 0.1) is 5.92 Å². The van der Waals surface area contributed by atoms with Gasteiger partial charge in [0.25, 0.3) is 5.91 Å². The summed E-state index contributed by atoms with van der Waals surface area (Å²) in [4.78, 5) is 12.9. The highest BCUT2D eigenvalue weighted by Gasteiger charge is 2.30. The topological polar surface area (TPSA) is 58.6 Å². The van der Waals surface area contributed by atoms with E-state index in [0.717, 1.165) is 37.3 Å². The molecule has 0 fully saturated rings. The van der Waals surface area contributed by atoms with Crippen molar-refractivity contribution in [3.8, 4) is 16.9 Å². The maximum atomic E-state index is 13.0. The zero-order valence-corrected chi connectivity index (χ0v) is 24.1. The number of halogens is 4. The summed E-state index contributed by atoms with van der Waals surface area (Å²) in [6, 6.07) is 7.94. The maximum Gasteiger partial charge on any atom is 0.416 e. The summed E-state index contributed by atoms with van der Waals surface area (Å²) in [6.07, 6.45) is 7.64. The number of rotatable bonds is 17. The number of aliphatic hydroxyl groups is 1. The van der Waals surface area contributed by atoms with Crippen LogP contribution in [0.1, 0.15) is 94.0 Å². The van der Waals surface area contributed by atoms with E-state index >= 15 is 0 Å². The van der Waals surface area contributed by atoms with Crippen LogP contribution >= 0.6 is 15.9 Å². The van der Waals surface area contributed by atoms with E-state index in [9.17, 15) is 23.1 Å². The predicted molar refractivity (Wildman–Crippen MR) is 151 cm³/mol. The van der Waals surface area contributed by atoms with Gasteiger partial charge < -0.3 is 15.2 Å². The van der Waals surface area contributed by atoms with Crippen molar-refractivity contribution in [2.75, 3.05) is 19.8 Å². The third kappa shape index (κ3) is 10.6. The number of carbonyl (C=O) groups excluding carboxylic acids is 1. The van der Waals surface area contributed by atoms with E-state index in [1.165, 1.54) is 57.1 Å². The van der Waals surface area contributed by atoms with Gasteiger partial charge in [0.1, 0.15) is 12.4 Å². The first-order valence-electron chi connectivity index (χ1n) is 13.7. The summed E-state index contributed by atoms with van der Waals surface area (Å²) in [5.41, 5.74) is 0.563. The number of unbranched alkanes of at least 4 members (excludes halogenated alkanes) is 5. The third-order valence-electron chi connectivity index (χ3n) is 6.78. The second kappa shape index (κ2) is 16.8. The lowest BCUT2D eigenvalue weighted by atomic mass is 9.92. The van der Waals surface area contributed by atoms with Gasteiger partial charge in [0.05, 0.1) is 16.6 Å². The first kappa shape index (κ1) is 32.2. The molecule has 2 rings (SSSR count). The van der Waals surface area contributed by atoms with E-state index in [2.05, 4.69) is 35.1 Å². The van der Waals surface area contributed by atoms with Gasteiger partial charge in [0, 0.05) is 17.7 Å². The van der Waals surface area contributed by atoms with Crippen LogP contribution in [-0.2, 0) is 6.18 Å². The van der Waals surface area contributed by atoms with Crippen molar-refractivity contribution in [1.29, 1.82) is 0 Å². The minimum Gasteiger partial charge on any atom is -0.489 e. The Kier molecular flexibility index (Phi) is 14.2. The van der Waals surface area contributed by atoms with Gasteiger partial charge in [-0.2, -0.15) is 13.2 Å². The van der Waals surface area contributed by atoms with E-state index in [0.29, 0.717) is 33.5 Å². The van der Waals surface area contributed by atoms with Gasteiger partial charge in [-0.3, -0.25) is 4.79 Å². The molecular formula is C30H41BrF3NO3. The second-order valence-corrected chi connectivity index (χ2v) is 10.6. The molecule has 0 aliphatic carbocycles. The minimum atomic E-state index is -4.44. The molecule has 4 nitrogen and oxygen atoms in total. The summed E-state index contributed by atoms with van der Waals surface area (Å²) in [7, 11) is 0. The number of ether oxygens (including phenoxy) is 1. The molecule has 2 aromatic carbocycles. The lowest BCUT2D eigenvalue weighted by Gasteiger charge is -2.16. The van der Waals surface area contributed by atoms with E-state index in [4.69, 9.17) is 4.74 Å². The molecule has 0 aliphatic heterocycles. The first-order chi connectivity index (χ1) is 18.2. The Balaban J connectivity index is 1.98. The third-order valence-corrected chi connectivity index (χ3v) is 7.37. The average Bonchev–Trinajstić information content (AvgIpc) is 2.90. The van der Waals surface area contributed by atoms with Gasteiger partial charge in [-0.1, -0.05) is 83.8 Å². The molecule has 1 atom stereocenters. The van der Waals surface area contributed by atoms with E-state index in [1.54, 1.807) is 12.1 Å². The number of amides is 1. The Labute approximate surface area is 233 Å². The second-order valence-electron chi connectivity index (χ2n) is 9.71.